The molecule has 2 aromatic heterocycles. The molecule has 0 aliphatic rings. The number of pyridine rings is 1. The van der Waals surface area contributed by atoms with Gasteiger partial charge in [0.25, 0.3) is 5.56 Å². The molecule has 6 nitrogen and oxygen atoms in total. The number of benzene rings is 1. The lowest BCUT2D eigenvalue weighted by molar-refractivity contribution is 0.181. The van der Waals surface area contributed by atoms with Gasteiger partial charge in [0.15, 0.2) is 5.43 Å². The first-order chi connectivity index (χ1) is 10.1. The number of nitrogens with one attached hydrogen (secondary N) is 2. The minimum absolute atomic E-state index is 0.0270. The van der Waals surface area contributed by atoms with Crippen molar-refractivity contribution >= 4 is 11.0 Å². The summed E-state index contributed by atoms with van der Waals surface area (Å²) in [6.45, 7) is 0.231. The van der Waals surface area contributed by atoms with Crippen LogP contribution in [-0.2, 0) is 11.3 Å². The highest BCUT2D eigenvalue weighted by atomic mass is 19.1. The Morgan fingerprint density at radius 1 is 1.24 bits per heavy atom. The normalized spacial score (nSPS) is 11.1. The molecule has 0 saturated heterocycles. The van der Waals surface area contributed by atoms with E-state index in [2.05, 4.69) is 10.1 Å². The van der Waals surface area contributed by atoms with Gasteiger partial charge in [0.1, 0.15) is 16.9 Å². The van der Waals surface area contributed by atoms with Crippen molar-refractivity contribution < 1.29 is 9.13 Å². The number of halogens is 1. The van der Waals surface area contributed by atoms with E-state index in [0.717, 1.165) is 0 Å². The molecule has 108 valence electrons. The third-order valence-corrected chi connectivity index (χ3v) is 3.11. The van der Waals surface area contributed by atoms with Crippen LogP contribution in [0.5, 0.6) is 0 Å². The van der Waals surface area contributed by atoms with Crippen molar-refractivity contribution in [3.05, 3.63) is 62.4 Å². The lowest BCUT2D eigenvalue weighted by atomic mass is 10.3. The van der Waals surface area contributed by atoms with Gasteiger partial charge in [-0.2, -0.15) is 0 Å². The number of H-pyrrole nitrogens is 2. The molecule has 0 bridgehead atoms. The summed E-state index contributed by atoms with van der Waals surface area (Å²) in [6, 6.07) is 6.71. The van der Waals surface area contributed by atoms with E-state index >= 15 is 0 Å². The van der Waals surface area contributed by atoms with Crippen molar-refractivity contribution in [1.82, 2.24) is 14.8 Å². The molecule has 0 unspecified atom stereocenters. The van der Waals surface area contributed by atoms with E-state index < -0.39 is 16.8 Å². The maximum atomic E-state index is 12.9. The van der Waals surface area contributed by atoms with E-state index in [9.17, 15) is 14.0 Å². The van der Waals surface area contributed by atoms with Crippen LogP contribution in [0.15, 0.2) is 39.9 Å². The van der Waals surface area contributed by atoms with Crippen molar-refractivity contribution in [1.29, 1.82) is 0 Å². The Kier molecular flexibility index (Phi) is 3.19. The average Bonchev–Trinajstić information content (AvgIpc) is 2.78. The highest BCUT2D eigenvalue weighted by molar-refractivity contribution is 5.74. The Morgan fingerprint density at radius 3 is 2.62 bits per heavy atom. The van der Waals surface area contributed by atoms with Crippen LogP contribution < -0.4 is 11.0 Å². The quantitative estimate of drug-likeness (QED) is 0.762. The zero-order valence-electron chi connectivity index (χ0n) is 11.1. The minimum atomic E-state index is -0.484. The Morgan fingerprint density at radius 2 is 1.95 bits per heavy atom. The predicted molar refractivity (Wildman–Crippen MR) is 75.2 cm³/mol. The van der Waals surface area contributed by atoms with Crippen molar-refractivity contribution in [2.75, 3.05) is 7.11 Å². The number of nitrogens with zero attached hydrogens (tertiary/aromatic N) is 1. The second kappa shape index (κ2) is 5.02. The van der Waals surface area contributed by atoms with Crippen molar-refractivity contribution in [3.8, 4) is 5.69 Å². The van der Waals surface area contributed by atoms with Crippen LogP contribution in [0.25, 0.3) is 16.7 Å². The van der Waals surface area contributed by atoms with Gasteiger partial charge in [-0.1, -0.05) is 0 Å². The fraction of sp³-hybridized carbons (Fsp3) is 0.143. The lowest BCUT2D eigenvalue weighted by Gasteiger charge is -2.00. The highest BCUT2D eigenvalue weighted by Crippen LogP contribution is 2.09. The van der Waals surface area contributed by atoms with Crippen molar-refractivity contribution in [2.24, 2.45) is 0 Å². The van der Waals surface area contributed by atoms with Crippen LogP contribution >= 0.6 is 0 Å². The van der Waals surface area contributed by atoms with E-state index in [1.807, 2.05) is 0 Å². The first-order valence-corrected chi connectivity index (χ1v) is 6.22. The average molecular weight is 289 g/mol. The molecule has 2 heterocycles. The van der Waals surface area contributed by atoms with Gasteiger partial charge in [0.05, 0.1) is 12.3 Å². The predicted octanol–water partition coefficient (Wildman–Crippen LogP) is 1.29. The van der Waals surface area contributed by atoms with Gasteiger partial charge in [-0.3, -0.25) is 14.7 Å². The number of hydrogen-bond donors (Lipinski definition) is 2. The second-order valence-electron chi connectivity index (χ2n) is 4.57. The SMILES string of the molecule is COCc1cc(=O)c2c(=O)n(-c3ccc(F)cc3)[nH]c2[nH]1. The molecule has 0 amide bonds. The van der Waals surface area contributed by atoms with E-state index in [0.29, 0.717) is 17.0 Å². The van der Waals surface area contributed by atoms with Gasteiger partial charge in [-0.25, -0.2) is 9.07 Å². The van der Waals surface area contributed by atoms with Gasteiger partial charge in [0.2, 0.25) is 0 Å². The summed E-state index contributed by atoms with van der Waals surface area (Å²) < 4.78 is 19.1. The first kappa shape index (κ1) is 13.3. The molecule has 0 spiro atoms. The topological polar surface area (TPSA) is 79.9 Å². The van der Waals surface area contributed by atoms with E-state index in [-0.39, 0.29) is 12.0 Å². The molecule has 0 fully saturated rings. The molecule has 21 heavy (non-hydrogen) atoms. The largest absolute Gasteiger partial charge is 0.378 e. The van der Waals surface area contributed by atoms with Crippen LogP contribution in [-0.4, -0.2) is 21.9 Å². The number of ether oxygens (including phenoxy) is 1. The number of methoxy groups -OCH3 is 1. The maximum Gasteiger partial charge on any atom is 0.284 e. The molecular formula is C14H12FN3O3. The fourth-order valence-electron chi connectivity index (χ4n) is 2.19. The van der Waals surface area contributed by atoms with E-state index in [4.69, 9.17) is 4.74 Å². The summed E-state index contributed by atoms with van der Waals surface area (Å²) in [6.07, 6.45) is 0. The van der Waals surface area contributed by atoms with Gasteiger partial charge in [-0.05, 0) is 24.3 Å². The molecule has 0 aliphatic carbocycles. The fourth-order valence-corrected chi connectivity index (χ4v) is 2.19. The summed E-state index contributed by atoms with van der Waals surface area (Å²) in [5.41, 5.74) is 0.435. The zero-order chi connectivity index (χ0) is 15.0. The van der Waals surface area contributed by atoms with Crippen molar-refractivity contribution in [2.45, 2.75) is 6.61 Å². The van der Waals surface area contributed by atoms with Crippen LogP contribution in [0.2, 0.25) is 0 Å². The molecule has 7 heteroatoms. The molecule has 0 atom stereocenters. The monoisotopic (exact) mass is 289 g/mol. The van der Waals surface area contributed by atoms with Gasteiger partial charge < -0.3 is 9.72 Å². The number of hydrogen-bond acceptors (Lipinski definition) is 3. The summed E-state index contributed by atoms with van der Waals surface area (Å²) in [4.78, 5) is 27.3. The maximum absolute atomic E-state index is 12.9. The van der Waals surface area contributed by atoms with Gasteiger partial charge in [-0.15, -0.1) is 0 Å². The molecule has 2 N–H and O–H groups in total. The standard InChI is InChI=1S/C14H12FN3O3/c1-21-7-9-6-11(19)12-13(16-9)17-18(14(12)20)10-4-2-8(15)3-5-10/h2-6H,7H2,1H3,(H2,16,17,19). The lowest BCUT2D eigenvalue weighted by Crippen LogP contribution is -2.18. The summed E-state index contributed by atoms with van der Waals surface area (Å²) in [5, 5.41) is 2.84. The minimum Gasteiger partial charge on any atom is -0.378 e. The Balaban J connectivity index is 2.24. The van der Waals surface area contributed by atoms with Crippen LogP contribution in [0.1, 0.15) is 5.69 Å². The number of aromatic nitrogens is 3. The van der Waals surface area contributed by atoms with E-state index in [1.165, 1.54) is 42.1 Å². The zero-order valence-corrected chi connectivity index (χ0v) is 11.1. The Bertz CT molecular complexity index is 906. The molecule has 0 aliphatic heterocycles. The Labute approximate surface area is 117 Å². The van der Waals surface area contributed by atoms with Crippen LogP contribution in [0, 0.1) is 5.82 Å². The van der Waals surface area contributed by atoms with Crippen LogP contribution in [0.3, 0.4) is 0 Å². The summed E-state index contributed by atoms with van der Waals surface area (Å²) in [7, 11) is 1.51. The third kappa shape index (κ3) is 2.27. The molecule has 0 radical (unpaired) electrons. The van der Waals surface area contributed by atoms with E-state index in [1.54, 1.807) is 0 Å². The Hall–Kier alpha value is -2.67. The molecule has 3 aromatic rings. The summed E-state index contributed by atoms with van der Waals surface area (Å²) in [5.74, 6) is -0.402. The molecular weight excluding hydrogens is 277 g/mol. The molecule has 0 saturated carbocycles. The third-order valence-electron chi connectivity index (χ3n) is 3.11. The number of fused-ring (bicyclic) bond motifs is 1. The molecule has 1 aromatic carbocycles. The molecule has 3 rings (SSSR count). The van der Waals surface area contributed by atoms with Gasteiger partial charge >= 0.3 is 0 Å². The second-order valence-corrected chi connectivity index (χ2v) is 4.57. The highest BCUT2D eigenvalue weighted by Gasteiger charge is 2.13. The first-order valence-electron chi connectivity index (χ1n) is 6.22. The number of rotatable bonds is 3. The summed E-state index contributed by atoms with van der Waals surface area (Å²) >= 11 is 0. The van der Waals surface area contributed by atoms with Gasteiger partial charge in [0, 0.05) is 18.9 Å². The number of aromatic amines is 2. The smallest absolute Gasteiger partial charge is 0.284 e. The van der Waals surface area contributed by atoms with Crippen molar-refractivity contribution in [3.63, 3.8) is 0 Å². The van der Waals surface area contributed by atoms with Crippen LogP contribution in [0.4, 0.5) is 4.39 Å².